The van der Waals surface area contributed by atoms with Crippen LogP contribution in [0.15, 0.2) is 47.3 Å². The Bertz CT molecular complexity index is 1280. The number of fused-ring (bicyclic) bond motifs is 1. The Hall–Kier alpha value is -3.28. The molecule has 3 aromatic rings. The van der Waals surface area contributed by atoms with Gasteiger partial charge in [0, 0.05) is 36.7 Å². The van der Waals surface area contributed by atoms with E-state index in [1.807, 2.05) is 37.5 Å². The first kappa shape index (κ1) is 23.9. The van der Waals surface area contributed by atoms with Crippen LogP contribution in [0.1, 0.15) is 68.1 Å². The number of carboxylic acid groups (broad SMARTS) is 1. The number of pyridine rings is 1. The Labute approximate surface area is 201 Å². The van der Waals surface area contributed by atoms with Crippen molar-refractivity contribution in [1.82, 2.24) is 4.57 Å². The molecule has 6 heteroatoms. The Morgan fingerprint density at radius 2 is 1.79 bits per heavy atom. The van der Waals surface area contributed by atoms with Crippen LogP contribution in [-0.2, 0) is 6.54 Å². The van der Waals surface area contributed by atoms with Gasteiger partial charge in [0.05, 0.1) is 5.56 Å². The highest BCUT2D eigenvalue weighted by Crippen LogP contribution is 2.35. The zero-order chi connectivity index (χ0) is 24.6. The molecule has 34 heavy (non-hydrogen) atoms. The topological polar surface area (TPSA) is 74.6 Å². The molecule has 180 valence electrons. The summed E-state index contributed by atoms with van der Waals surface area (Å²) in [6.07, 6.45) is 2.18. The molecule has 1 aliphatic rings. The number of aryl methyl sites for hydroxylation is 1. The standard InChI is InChI=1S/C28H35N3O3/c1-6-31-25(30-13-11-28(4,5)12-14-30)17-22-21(15-18(2)16-23(22)26(31)32)19(3)29-24-10-8-7-9-20(24)27(33)34/h7-10,15-17,19,29H,6,11-14H2,1-5H3,(H,33,34). The fourth-order valence-corrected chi connectivity index (χ4v) is 4.99. The van der Waals surface area contributed by atoms with E-state index in [1.54, 1.807) is 18.2 Å². The van der Waals surface area contributed by atoms with E-state index in [0.717, 1.165) is 48.3 Å². The average Bonchev–Trinajstić information content (AvgIpc) is 2.79. The fraction of sp³-hybridized carbons (Fsp3) is 0.429. The van der Waals surface area contributed by atoms with Crippen molar-refractivity contribution in [3.63, 3.8) is 0 Å². The summed E-state index contributed by atoms with van der Waals surface area (Å²) in [7, 11) is 0. The van der Waals surface area contributed by atoms with E-state index in [1.165, 1.54) is 0 Å². The van der Waals surface area contributed by atoms with Gasteiger partial charge < -0.3 is 15.3 Å². The Morgan fingerprint density at radius 1 is 1.12 bits per heavy atom. The Kier molecular flexibility index (Phi) is 6.43. The second-order valence-corrected chi connectivity index (χ2v) is 10.2. The van der Waals surface area contributed by atoms with Crippen molar-refractivity contribution < 1.29 is 9.90 Å². The zero-order valence-corrected chi connectivity index (χ0v) is 20.8. The van der Waals surface area contributed by atoms with Crippen molar-refractivity contribution in [3.8, 4) is 0 Å². The highest BCUT2D eigenvalue weighted by atomic mass is 16.4. The van der Waals surface area contributed by atoms with Gasteiger partial charge >= 0.3 is 5.97 Å². The summed E-state index contributed by atoms with van der Waals surface area (Å²) in [6.45, 7) is 13.1. The molecular formula is C28H35N3O3. The molecule has 0 radical (unpaired) electrons. The van der Waals surface area contributed by atoms with Gasteiger partial charge in [0.2, 0.25) is 0 Å². The van der Waals surface area contributed by atoms with Gasteiger partial charge in [0.25, 0.3) is 5.56 Å². The average molecular weight is 462 g/mol. The molecule has 0 saturated carbocycles. The van der Waals surface area contributed by atoms with Gasteiger partial charge in [-0.3, -0.25) is 9.36 Å². The van der Waals surface area contributed by atoms with E-state index in [2.05, 4.69) is 36.2 Å². The Morgan fingerprint density at radius 3 is 2.44 bits per heavy atom. The van der Waals surface area contributed by atoms with E-state index >= 15 is 0 Å². The van der Waals surface area contributed by atoms with Gasteiger partial charge in [0.1, 0.15) is 5.82 Å². The van der Waals surface area contributed by atoms with Gasteiger partial charge in [-0.2, -0.15) is 0 Å². The number of hydrogen-bond donors (Lipinski definition) is 2. The molecule has 0 aliphatic carbocycles. The molecule has 2 aromatic carbocycles. The summed E-state index contributed by atoms with van der Waals surface area (Å²) in [4.78, 5) is 27.7. The minimum atomic E-state index is -0.967. The fourth-order valence-electron chi connectivity index (χ4n) is 4.99. The van der Waals surface area contributed by atoms with Crippen LogP contribution < -0.4 is 15.8 Å². The van der Waals surface area contributed by atoms with Crippen LogP contribution in [0.25, 0.3) is 10.8 Å². The molecule has 0 spiro atoms. The van der Waals surface area contributed by atoms with E-state index in [-0.39, 0.29) is 17.2 Å². The van der Waals surface area contributed by atoms with Crippen LogP contribution in [0.2, 0.25) is 0 Å². The van der Waals surface area contributed by atoms with Crippen LogP contribution in [0.3, 0.4) is 0 Å². The first-order chi connectivity index (χ1) is 16.1. The van der Waals surface area contributed by atoms with Gasteiger partial charge in [-0.15, -0.1) is 0 Å². The number of nitrogens with zero attached hydrogens (tertiary/aromatic N) is 2. The Balaban J connectivity index is 1.82. The maximum Gasteiger partial charge on any atom is 0.337 e. The number of aromatic nitrogens is 1. The summed E-state index contributed by atoms with van der Waals surface area (Å²) in [6, 6.07) is 13.0. The number of piperidine rings is 1. The van der Waals surface area contributed by atoms with Crippen molar-refractivity contribution in [2.45, 2.75) is 60.0 Å². The smallest absolute Gasteiger partial charge is 0.337 e. The molecule has 4 rings (SSSR count). The van der Waals surface area contributed by atoms with Gasteiger partial charge in [-0.05, 0) is 79.8 Å². The highest BCUT2D eigenvalue weighted by Gasteiger charge is 2.27. The predicted molar refractivity (Wildman–Crippen MR) is 139 cm³/mol. The summed E-state index contributed by atoms with van der Waals surface area (Å²) >= 11 is 0. The third kappa shape index (κ3) is 4.54. The minimum Gasteiger partial charge on any atom is -0.478 e. The molecule has 1 fully saturated rings. The molecular weight excluding hydrogens is 426 g/mol. The first-order valence-electron chi connectivity index (χ1n) is 12.1. The number of para-hydroxylation sites is 1. The number of aromatic carboxylic acids is 1. The SMILES string of the molecule is CCn1c(N2CCC(C)(C)CC2)cc2c(C(C)Nc3ccccc3C(=O)O)cc(C)cc2c1=O. The molecule has 0 amide bonds. The third-order valence-electron chi connectivity index (χ3n) is 7.14. The van der Waals surface area contributed by atoms with Crippen LogP contribution in [0.5, 0.6) is 0 Å². The number of hydrogen-bond acceptors (Lipinski definition) is 4. The zero-order valence-electron chi connectivity index (χ0n) is 20.8. The van der Waals surface area contributed by atoms with Crippen molar-refractivity contribution >= 4 is 28.2 Å². The van der Waals surface area contributed by atoms with Crippen molar-refractivity contribution in [2.75, 3.05) is 23.3 Å². The second-order valence-electron chi connectivity index (χ2n) is 10.2. The van der Waals surface area contributed by atoms with Gasteiger partial charge in [-0.25, -0.2) is 4.79 Å². The number of nitrogens with one attached hydrogen (secondary N) is 1. The molecule has 6 nitrogen and oxygen atoms in total. The molecule has 1 saturated heterocycles. The lowest BCUT2D eigenvalue weighted by Crippen LogP contribution is -2.40. The molecule has 1 atom stereocenters. The van der Waals surface area contributed by atoms with Crippen LogP contribution in [-0.4, -0.2) is 28.7 Å². The maximum atomic E-state index is 13.6. The molecule has 1 aliphatic heterocycles. The van der Waals surface area contributed by atoms with E-state index in [0.29, 0.717) is 23.0 Å². The monoisotopic (exact) mass is 461 g/mol. The van der Waals surface area contributed by atoms with Crippen molar-refractivity contribution in [1.29, 1.82) is 0 Å². The molecule has 2 heterocycles. The summed E-state index contributed by atoms with van der Waals surface area (Å²) in [5.74, 6) is 0.00396. The summed E-state index contributed by atoms with van der Waals surface area (Å²) in [5.41, 5.74) is 3.16. The van der Waals surface area contributed by atoms with E-state index < -0.39 is 5.97 Å². The van der Waals surface area contributed by atoms with Crippen LogP contribution >= 0.6 is 0 Å². The quantitative estimate of drug-likeness (QED) is 0.483. The third-order valence-corrected chi connectivity index (χ3v) is 7.14. The second kappa shape index (κ2) is 9.16. The van der Waals surface area contributed by atoms with Crippen LogP contribution in [0, 0.1) is 12.3 Å². The highest BCUT2D eigenvalue weighted by molar-refractivity contribution is 5.94. The molecule has 2 N–H and O–H groups in total. The normalized spacial score (nSPS) is 16.4. The largest absolute Gasteiger partial charge is 0.478 e. The molecule has 1 aromatic heterocycles. The van der Waals surface area contributed by atoms with Crippen molar-refractivity contribution in [3.05, 3.63) is 69.5 Å². The lowest BCUT2D eigenvalue weighted by Gasteiger charge is -2.39. The molecule has 0 bridgehead atoms. The van der Waals surface area contributed by atoms with E-state index in [9.17, 15) is 14.7 Å². The molecule has 1 unspecified atom stereocenters. The number of carboxylic acids is 1. The predicted octanol–water partition coefficient (Wildman–Crippen LogP) is 5.83. The van der Waals surface area contributed by atoms with Crippen molar-refractivity contribution in [2.24, 2.45) is 5.41 Å². The first-order valence-corrected chi connectivity index (χ1v) is 12.1. The maximum absolute atomic E-state index is 13.6. The van der Waals surface area contributed by atoms with E-state index in [4.69, 9.17) is 0 Å². The number of carbonyl (C=O) groups is 1. The van der Waals surface area contributed by atoms with Gasteiger partial charge in [-0.1, -0.05) is 32.0 Å². The minimum absolute atomic E-state index is 0.0305. The number of benzene rings is 2. The lowest BCUT2D eigenvalue weighted by molar-refractivity contribution is 0.0698. The van der Waals surface area contributed by atoms with Gasteiger partial charge in [0.15, 0.2) is 0 Å². The number of rotatable bonds is 6. The lowest BCUT2D eigenvalue weighted by atomic mass is 9.82. The van der Waals surface area contributed by atoms with Crippen LogP contribution in [0.4, 0.5) is 11.5 Å². The summed E-state index contributed by atoms with van der Waals surface area (Å²) < 4.78 is 1.89. The number of anilines is 2. The summed E-state index contributed by atoms with van der Waals surface area (Å²) in [5, 5.41) is 14.6.